The SMILES string of the molecule is Cc1ccccc1N(c1ccccc1)c1ccc(C=Cc2ccc(N(c3ccc(-c4ccccc4)cc3)c3ccc(-c4ccccc4)cc3)cc2)cc1. The largest absolute Gasteiger partial charge is 0.311 e. The van der Waals surface area contributed by atoms with Gasteiger partial charge >= 0.3 is 0 Å². The highest BCUT2D eigenvalue weighted by Gasteiger charge is 2.15. The average molecular weight is 681 g/mol. The number of hydrogen-bond donors (Lipinski definition) is 0. The molecule has 0 fully saturated rings. The van der Waals surface area contributed by atoms with Crippen molar-refractivity contribution in [2.75, 3.05) is 9.80 Å². The average Bonchev–Trinajstić information content (AvgIpc) is 3.23. The normalized spacial score (nSPS) is 11.0. The molecule has 0 spiro atoms. The summed E-state index contributed by atoms with van der Waals surface area (Å²) in [4.78, 5) is 4.64. The molecule has 8 rings (SSSR count). The predicted molar refractivity (Wildman–Crippen MR) is 227 cm³/mol. The van der Waals surface area contributed by atoms with E-state index in [-0.39, 0.29) is 0 Å². The van der Waals surface area contributed by atoms with Crippen molar-refractivity contribution in [3.8, 4) is 22.3 Å². The maximum atomic E-state index is 2.32. The van der Waals surface area contributed by atoms with E-state index in [4.69, 9.17) is 0 Å². The molecule has 0 aromatic heterocycles. The lowest BCUT2D eigenvalue weighted by molar-refractivity contribution is 1.25. The van der Waals surface area contributed by atoms with E-state index >= 15 is 0 Å². The van der Waals surface area contributed by atoms with Crippen LogP contribution in [0.15, 0.2) is 212 Å². The molecule has 254 valence electrons. The van der Waals surface area contributed by atoms with Crippen molar-refractivity contribution in [3.63, 3.8) is 0 Å². The minimum absolute atomic E-state index is 1.10. The molecule has 8 aromatic carbocycles. The van der Waals surface area contributed by atoms with Gasteiger partial charge in [-0.15, -0.1) is 0 Å². The van der Waals surface area contributed by atoms with Crippen molar-refractivity contribution in [1.82, 2.24) is 0 Å². The van der Waals surface area contributed by atoms with Gasteiger partial charge in [0, 0.05) is 34.1 Å². The molecule has 0 aliphatic carbocycles. The fourth-order valence-corrected chi connectivity index (χ4v) is 6.79. The summed E-state index contributed by atoms with van der Waals surface area (Å²) in [5.41, 5.74) is 15.1. The highest BCUT2D eigenvalue weighted by Crippen LogP contribution is 2.38. The zero-order chi connectivity index (χ0) is 35.8. The van der Waals surface area contributed by atoms with E-state index in [1.807, 2.05) is 0 Å². The molecule has 0 aliphatic heterocycles. The summed E-state index contributed by atoms with van der Waals surface area (Å²) in [6.45, 7) is 2.16. The van der Waals surface area contributed by atoms with E-state index in [9.17, 15) is 0 Å². The van der Waals surface area contributed by atoms with E-state index in [0.29, 0.717) is 0 Å². The first-order valence-electron chi connectivity index (χ1n) is 18.1. The lowest BCUT2D eigenvalue weighted by Gasteiger charge is -2.27. The van der Waals surface area contributed by atoms with Gasteiger partial charge in [0.2, 0.25) is 0 Å². The number of para-hydroxylation sites is 2. The second kappa shape index (κ2) is 15.6. The van der Waals surface area contributed by atoms with Crippen molar-refractivity contribution in [1.29, 1.82) is 0 Å². The molecule has 0 saturated heterocycles. The van der Waals surface area contributed by atoms with Crippen LogP contribution in [0, 0.1) is 6.92 Å². The van der Waals surface area contributed by atoms with Gasteiger partial charge in [0.05, 0.1) is 0 Å². The number of aryl methyl sites for hydroxylation is 1. The van der Waals surface area contributed by atoms with Gasteiger partial charge in [-0.3, -0.25) is 0 Å². The third kappa shape index (κ3) is 7.58. The Labute approximate surface area is 313 Å². The molecule has 53 heavy (non-hydrogen) atoms. The van der Waals surface area contributed by atoms with Crippen LogP contribution in [0.3, 0.4) is 0 Å². The minimum Gasteiger partial charge on any atom is -0.311 e. The van der Waals surface area contributed by atoms with Crippen LogP contribution >= 0.6 is 0 Å². The van der Waals surface area contributed by atoms with Gasteiger partial charge in [-0.2, -0.15) is 0 Å². The summed E-state index contributed by atoms with van der Waals surface area (Å²) in [6, 6.07) is 75.4. The van der Waals surface area contributed by atoms with Crippen LogP contribution in [0.25, 0.3) is 34.4 Å². The lowest BCUT2D eigenvalue weighted by Crippen LogP contribution is -2.11. The summed E-state index contributed by atoms with van der Waals surface area (Å²) < 4.78 is 0. The summed E-state index contributed by atoms with van der Waals surface area (Å²) >= 11 is 0. The number of anilines is 6. The second-order valence-electron chi connectivity index (χ2n) is 13.1. The Kier molecular flexibility index (Phi) is 9.76. The Morgan fingerprint density at radius 3 is 1.04 bits per heavy atom. The Hall–Kier alpha value is -6.90. The molecule has 0 saturated carbocycles. The molecule has 0 radical (unpaired) electrons. The number of rotatable bonds is 10. The molecular weight excluding hydrogens is 641 g/mol. The minimum atomic E-state index is 1.10. The third-order valence-corrected chi connectivity index (χ3v) is 9.61. The van der Waals surface area contributed by atoms with Crippen molar-refractivity contribution >= 4 is 46.3 Å². The number of nitrogens with zero attached hydrogens (tertiary/aromatic N) is 2. The van der Waals surface area contributed by atoms with E-state index in [0.717, 1.165) is 39.6 Å². The first-order valence-corrected chi connectivity index (χ1v) is 18.1. The molecule has 0 aliphatic rings. The van der Waals surface area contributed by atoms with E-state index in [2.05, 4.69) is 241 Å². The van der Waals surface area contributed by atoms with Gasteiger partial charge in [-0.25, -0.2) is 0 Å². The fraction of sp³-hybridized carbons (Fsp3) is 0.0196. The fourth-order valence-electron chi connectivity index (χ4n) is 6.79. The molecular formula is C51H40N2. The number of benzene rings is 8. The van der Waals surface area contributed by atoms with Crippen molar-refractivity contribution in [2.24, 2.45) is 0 Å². The van der Waals surface area contributed by atoms with Gasteiger partial charge in [-0.05, 0) is 113 Å². The molecule has 2 nitrogen and oxygen atoms in total. The number of hydrogen-bond acceptors (Lipinski definition) is 2. The summed E-state index contributed by atoms with van der Waals surface area (Å²) in [5, 5.41) is 0. The summed E-state index contributed by atoms with van der Waals surface area (Å²) in [7, 11) is 0. The monoisotopic (exact) mass is 680 g/mol. The predicted octanol–water partition coefficient (Wildman–Crippen LogP) is 14.4. The van der Waals surface area contributed by atoms with Crippen molar-refractivity contribution in [2.45, 2.75) is 6.92 Å². The Morgan fingerprint density at radius 1 is 0.283 bits per heavy atom. The van der Waals surface area contributed by atoms with Crippen LogP contribution in [0.2, 0.25) is 0 Å². The second-order valence-corrected chi connectivity index (χ2v) is 13.1. The molecule has 0 bridgehead atoms. The van der Waals surface area contributed by atoms with Crippen LogP contribution in [-0.4, -0.2) is 0 Å². The first-order chi connectivity index (χ1) is 26.2. The van der Waals surface area contributed by atoms with Crippen LogP contribution in [0.1, 0.15) is 16.7 Å². The van der Waals surface area contributed by atoms with Gasteiger partial charge in [-0.1, -0.05) is 158 Å². The highest BCUT2D eigenvalue weighted by atomic mass is 15.1. The molecule has 8 aromatic rings. The Morgan fingerprint density at radius 2 is 0.604 bits per heavy atom. The van der Waals surface area contributed by atoms with Crippen LogP contribution in [-0.2, 0) is 0 Å². The van der Waals surface area contributed by atoms with Crippen molar-refractivity contribution in [3.05, 3.63) is 229 Å². The van der Waals surface area contributed by atoms with Gasteiger partial charge in [0.15, 0.2) is 0 Å². The van der Waals surface area contributed by atoms with Crippen LogP contribution in [0.5, 0.6) is 0 Å². The van der Waals surface area contributed by atoms with E-state index < -0.39 is 0 Å². The standard InChI is InChI=1S/C51H40N2/c1-39-13-11-12-20-51(39)53(46-18-9-4-10-19-46)50-33-25-41(26-34-50)22-21-40-23-31-47(32-24-40)52(48-35-27-44(28-36-48)42-14-5-2-6-15-42)49-37-29-45(30-38-49)43-16-7-3-8-17-43/h2-38H,1H3. The first kappa shape index (κ1) is 33.3. The molecule has 0 amide bonds. The smallest absolute Gasteiger partial charge is 0.0490 e. The topological polar surface area (TPSA) is 6.48 Å². The molecule has 0 unspecified atom stereocenters. The summed E-state index contributed by atoms with van der Waals surface area (Å²) in [5.74, 6) is 0. The molecule has 0 atom stereocenters. The molecule has 0 heterocycles. The summed E-state index contributed by atoms with van der Waals surface area (Å²) in [6.07, 6.45) is 4.37. The lowest BCUT2D eigenvalue weighted by atomic mass is 10.0. The van der Waals surface area contributed by atoms with Crippen molar-refractivity contribution < 1.29 is 0 Å². The quantitative estimate of drug-likeness (QED) is 0.133. The maximum absolute atomic E-state index is 2.32. The highest BCUT2D eigenvalue weighted by molar-refractivity contribution is 5.82. The third-order valence-electron chi connectivity index (χ3n) is 9.61. The molecule has 2 heteroatoms. The Balaban J connectivity index is 1.05. The van der Waals surface area contributed by atoms with E-state index in [1.165, 1.54) is 33.5 Å². The van der Waals surface area contributed by atoms with Crippen LogP contribution in [0.4, 0.5) is 34.1 Å². The van der Waals surface area contributed by atoms with Crippen LogP contribution < -0.4 is 9.80 Å². The van der Waals surface area contributed by atoms with Gasteiger partial charge in [0.25, 0.3) is 0 Å². The van der Waals surface area contributed by atoms with E-state index in [1.54, 1.807) is 0 Å². The zero-order valence-electron chi connectivity index (χ0n) is 29.8. The van der Waals surface area contributed by atoms with Gasteiger partial charge in [0.1, 0.15) is 0 Å². The maximum Gasteiger partial charge on any atom is 0.0490 e. The Bertz CT molecular complexity index is 2320. The zero-order valence-corrected chi connectivity index (χ0v) is 29.8. The van der Waals surface area contributed by atoms with Gasteiger partial charge < -0.3 is 9.80 Å². The molecule has 0 N–H and O–H groups in total.